The summed E-state index contributed by atoms with van der Waals surface area (Å²) in [6, 6.07) is 4.83. The van der Waals surface area contributed by atoms with Crippen LogP contribution >= 0.6 is 11.6 Å². The Morgan fingerprint density at radius 3 is 2.67 bits per heavy atom. The number of hydrogen-bond donors (Lipinski definition) is 2. The molecule has 3 heterocycles. The molecule has 3 amide bonds. The lowest BCUT2D eigenvalue weighted by Crippen LogP contribution is -2.54. The molecule has 27 heavy (non-hydrogen) atoms. The number of halogens is 1. The molecule has 1 aromatic carbocycles. The molecule has 4 atom stereocenters. The van der Waals surface area contributed by atoms with Crippen LogP contribution in [0.4, 0.5) is 5.69 Å². The van der Waals surface area contributed by atoms with Gasteiger partial charge in [0.1, 0.15) is 5.54 Å². The van der Waals surface area contributed by atoms with E-state index in [1.807, 2.05) is 13.8 Å². The van der Waals surface area contributed by atoms with Gasteiger partial charge in [-0.05, 0) is 24.1 Å². The number of methoxy groups -OCH3 is 1. The number of fused-ring (bicyclic) bond motifs is 4. The number of imide groups is 1. The van der Waals surface area contributed by atoms with Crippen LogP contribution in [-0.4, -0.2) is 48.9 Å². The molecule has 1 spiro atoms. The van der Waals surface area contributed by atoms with Crippen molar-refractivity contribution >= 4 is 35.0 Å². The number of amides is 3. The Hall–Kier alpha value is -1.96. The molecule has 8 heteroatoms. The van der Waals surface area contributed by atoms with Crippen molar-refractivity contribution < 1.29 is 19.1 Å². The van der Waals surface area contributed by atoms with Crippen LogP contribution in [0.25, 0.3) is 0 Å². The summed E-state index contributed by atoms with van der Waals surface area (Å²) in [6.45, 7) is 4.41. The number of anilines is 1. The van der Waals surface area contributed by atoms with Crippen molar-refractivity contribution in [1.82, 2.24) is 10.2 Å². The smallest absolute Gasteiger partial charge is 0.250 e. The van der Waals surface area contributed by atoms with E-state index in [4.69, 9.17) is 16.3 Å². The van der Waals surface area contributed by atoms with E-state index in [1.165, 1.54) is 12.0 Å². The minimum absolute atomic E-state index is 0.0621. The Morgan fingerprint density at radius 1 is 1.26 bits per heavy atom. The minimum atomic E-state index is -1.28. The Kier molecular flexibility index (Phi) is 4.29. The second-order valence-corrected chi connectivity index (χ2v) is 8.13. The van der Waals surface area contributed by atoms with Crippen LogP contribution in [0.3, 0.4) is 0 Å². The van der Waals surface area contributed by atoms with Crippen molar-refractivity contribution in [3.63, 3.8) is 0 Å². The van der Waals surface area contributed by atoms with Crippen LogP contribution in [0.15, 0.2) is 18.2 Å². The minimum Gasteiger partial charge on any atom is -0.383 e. The van der Waals surface area contributed by atoms with Gasteiger partial charge in [-0.3, -0.25) is 24.6 Å². The molecule has 0 aromatic heterocycles. The topological polar surface area (TPSA) is 87.7 Å². The number of hydrogen-bond acceptors (Lipinski definition) is 5. The van der Waals surface area contributed by atoms with Crippen molar-refractivity contribution in [3.05, 3.63) is 28.8 Å². The van der Waals surface area contributed by atoms with Crippen LogP contribution in [0.1, 0.15) is 19.4 Å². The number of carbonyl (C=O) groups excluding carboxylic acids is 3. The first kappa shape index (κ1) is 18.4. The van der Waals surface area contributed by atoms with Gasteiger partial charge in [-0.1, -0.05) is 25.4 Å². The lowest BCUT2D eigenvalue weighted by Gasteiger charge is -2.30. The van der Waals surface area contributed by atoms with Crippen LogP contribution < -0.4 is 10.6 Å². The highest BCUT2D eigenvalue weighted by molar-refractivity contribution is 6.31. The third-order valence-corrected chi connectivity index (χ3v) is 6.18. The highest BCUT2D eigenvalue weighted by atomic mass is 35.5. The summed E-state index contributed by atoms with van der Waals surface area (Å²) in [5.41, 5.74) is -0.0301. The second kappa shape index (κ2) is 6.29. The number of ether oxygens (including phenoxy) is 1. The van der Waals surface area contributed by atoms with E-state index in [1.54, 1.807) is 18.2 Å². The van der Waals surface area contributed by atoms with Crippen molar-refractivity contribution in [3.8, 4) is 0 Å². The van der Waals surface area contributed by atoms with Crippen molar-refractivity contribution in [1.29, 1.82) is 0 Å². The molecule has 3 aliphatic rings. The maximum atomic E-state index is 13.3. The summed E-state index contributed by atoms with van der Waals surface area (Å²) in [7, 11) is 1.52. The molecular weight excluding hydrogens is 370 g/mol. The zero-order valence-electron chi connectivity index (χ0n) is 15.4. The van der Waals surface area contributed by atoms with E-state index in [0.29, 0.717) is 16.3 Å². The third-order valence-electron chi connectivity index (χ3n) is 5.94. The first-order valence-electron chi connectivity index (χ1n) is 9.06. The number of nitrogens with zero attached hydrogens (tertiary/aromatic N) is 1. The summed E-state index contributed by atoms with van der Waals surface area (Å²) in [5, 5.41) is 6.70. The molecule has 3 aliphatic heterocycles. The van der Waals surface area contributed by atoms with Gasteiger partial charge in [0.15, 0.2) is 0 Å². The molecular formula is C19H22ClN3O4. The fourth-order valence-corrected chi connectivity index (χ4v) is 4.91. The molecule has 2 saturated heterocycles. The van der Waals surface area contributed by atoms with Gasteiger partial charge in [-0.2, -0.15) is 0 Å². The van der Waals surface area contributed by atoms with E-state index >= 15 is 0 Å². The molecule has 1 aromatic rings. The second-order valence-electron chi connectivity index (χ2n) is 7.69. The lowest BCUT2D eigenvalue weighted by atomic mass is 9.76. The van der Waals surface area contributed by atoms with Crippen molar-refractivity contribution in [2.75, 3.05) is 25.6 Å². The van der Waals surface area contributed by atoms with E-state index in [2.05, 4.69) is 10.6 Å². The number of carbonyl (C=O) groups is 3. The average molecular weight is 392 g/mol. The fourth-order valence-electron chi connectivity index (χ4n) is 4.74. The quantitative estimate of drug-likeness (QED) is 0.757. The van der Waals surface area contributed by atoms with Gasteiger partial charge in [0.05, 0.1) is 25.0 Å². The molecule has 4 rings (SSSR count). The Labute approximate surface area is 162 Å². The lowest BCUT2D eigenvalue weighted by molar-refractivity contribution is -0.143. The van der Waals surface area contributed by atoms with Crippen molar-refractivity contribution in [2.24, 2.45) is 17.8 Å². The standard InChI is InChI=1S/C19H22ClN3O4/c1-9(2)15-13-14(17(25)23(16(13)24)6-7-27-3)19(22-15)11-8-10(20)4-5-12(11)21-18(19)26/h4-5,8-9,13-15,22H,6-7H2,1-3H3,(H,21,26)/t13-,14+,15-,19-/m0/s1. The molecule has 144 valence electrons. The third kappa shape index (κ3) is 2.38. The highest BCUT2D eigenvalue weighted by Crippen LogP contribution is 2.54. The first-order chi connectivity index (χ1) is 12.8. The number of nitrogens with one attached hydrogen (secondary N) is 2. The van der Waals surface area contributed by atoms with Crippen LogP contribution in [0, 0.1) is 17.8 Å². The van der Waals surface area contributed by atoms with Gasteiger partial charge >= 0.3 is 0 Å². The first-order valence-corrected chi connectivity index (χ1v) is 9.44. The maximum Gasteiger partial charge on any atom is 0.250 e. The summed E-state index contributed by atoms with van der Waals surface area (Å²) in [5.74, 6) is -2.22. The molecule has 7 nitrogen and oxygen atoms in total. The predicted molar refractivity (Wildman–Crippen MR) is 99.1 cm³/mol. The molecule has 0 saturated carbocycles. The molecule has 0 unspecified atom stereocenters. The van der Waals surface area contributed by atoms with Crippen LogP contribution in [0.5, 0.6) is 0 Å². The van der Waals surface area contributed by atoms with E-state index in [9.17, 15) is 14.4 Å². The molecule has 0 radical (unpaired) electrons. The van der Waals surface area contributed by atoms with Gasteiger partial charge in [0.2, 0.25) is 17.7 Å². The van der Waals surface area contributed by atoms with Crippen molar-refractivity contribution in [2.45, 2.75) is 25.4 Å². The van der Waals surface area contributed by atoms with Gasteiger partial charge in [-0.25, -0.2) is 0 Å². The monoisotopic (exact) mass is 391 g/mol. The normalized spacial score (nSPS) is 31.8. The number of benzene rings is 1. The Morgan fingerprint density at radius 2 is 2.00 bits per heavy atom. The highest BCUT2D eigenvalue weighted by Gasteiger charge is 2.70. The van der Waals surface area contributed by atoms with Gasteiger partial charge < -0.3 is 10.1 Å². The van der Waals surface area contributed by atoms with Crippen LogP contribution in [-0.2, 0) is 24.7 Å². The van der Waals surface area contributed by atoms with Crippen LogP contribution in [0.2, 0.25) is 5.02 Å². The Balaban J connectivity index is 1.86. The summed E-state index contributed by atoms with van der Waals surface area (Å²) < 4.78 is 5.05. The zero-order valence-corrected chi connectivity index (χ0v) is 16.2. The number of likely N-dealkylation sites (tertiary alicyclic amines) is 1. The Bertz CT molecular complexity index is 842. The largest absolute Gasteiger partial charge is 0.383 e. The van der Waals surface area contributed by atoms with E-state index in [-0.39, 0.29) is 42.8 Å². The van der Waals surface area contributed by atoms with E-state index in [0.717, 1.165) is 0 Å². The average Bonchev–Trinajstić information content (AvgIpc) is 3.20. The van der Waals surface area contributed by atoms with Gasteiger partial charge in [0.25, 0.3) is 0 Å². The molecule has 0 aliphatic carbocycles. The van der Waals surface area contributed by atoms with Gasteiger partial charge in [-0.15, -0.1) is 0 Å². The maximum absolute atomic E-state index is 13.3. The predicted octanol–water partition coefficient (Wildman–Crippen LogP) is 1.36. The fraction of sp³-hybridized carbons (Fsp3) is 0.526. The molecule has 2 fully saturated rings. The SMILES string of the molecule is COCCN1C(=O)[C@@H]2[C@H](C(C)C)N[C@]3(C(=O)Nc4ccc(Cl)cc43)[C@H]2C1=O. The van der Waals surface area contributed by atoms with Gasteiger partial charge in [0, 0.05) is 29.4 Å². The molecule has 0 bridgehead atoms. The molecule has 2 N–H and O–H groups in total. The summed E-state index contributed by atoms with van der Waals surface area (Å²) >= 11 is 6.19. The summed E-state index contributed by atoms with van der Waals surface area (Å²) in [4.78, 5) is 40.7. The zero-order chi connectivity index (χ0) is 19.5. The summed E-state index contributed by atoms with van der Waals surface area (Å²) in [6.07, 6.45) is 0. The van der Waals surface area contributed by atoms with E-state index < -0.39 is 17.4 Å². The number of rotatable bonds is 4.